The molecule has 90 valence electrons. The van der Waals surface area contributed by atoms with Gasteiger partial charge in [0.1, 0.15) is 6.04 Å². The number of nitrogens with two attached hydrogens (primary N) is 1. The van der Waals surface area contributed by atoms with Crippen molar-refractivity contribution in [2.75, 3.05) is 7.11 Å². The lowest BCUT2D eigenvalue weighted by Gasteiger charge is -2.08. The molecule has 0 saturated carbocycles. The third-order valence-electron chi connectivity index (χ3n) is 2.33. The molecule has 0 spiro atoms. The zero-order valence-electron chi connectivity index (χ0n) is 9.39. The van der Waals surface area contributed by atoms with Crippen molar-refractivity contribution >= 4 is 18.4 Å². The van der Waals surface area contributed by atoms with Gasteiger partial charge in [0.2, 0.25) is 0 Å². The van der Waals surface area contributed by atoms with E-state index < -0.39 is 6.04 Å². The van der Waals surface area contributed by atoms with Crippen LogP contribution in [0.15, 0.2) is 30.3 Å². The summed E-state index contributed by atoms with van der Waals surface area (Å²) in [6.45, 7) is 0. The quantitative estimate of drug-likeness (QED) is 0.804. The van der Waals surface area contributed by atoms with Gasteiger partial charge in [-0.25, -0.2) is 0 Å². The van der Waals surface area contributed by atoms with Crippen LogP contribution in [0.2, 0.25) is 0 Å². The number of halogens is 1. The van der Waals surface area contributed by atoms with E-state index in [1.165, 1.54) is 12.7 Å². The third kappa shape index (κ3) is 5.14. The van der Waals surface area contributed by atoms with Gasteiger partial charge in [-0.15, -0.1) is 12.4 Å². The van der Waals surface area contributed by atoms with Gasteiger partial charge >= 0.3 is 5.97 Å². The van der Waals surface area contributed by atoms with E-state index >= 15 is 0 Å². The van der Waals surface area contributed by atoms with Crippen LogP contribution in [-0.2, 0) is 16.0 Å². The van der Waals surface area contributed by atoms with Crippen molar-refractivity contribution in [1.82, 2.24) is 0 Å². The van der Waals surface area contributed by atoms with E-state index in [1.54, 1.807) is 0 Å². The number of benzene rings is 1. The van der Waals surface area contributed by atoms with Crippen LogP contribution in [0.5, 0.6) is 0 Å². The summed E-state index contributed by atoms with van der Waals surface area (Å²) in [7, 11) is 1.36. The highest BCUT2D eigenvalue weighted by Gasteiger charge is 2.12. The summed E-state index contributed by atoms with van der Waals surface area (Å²) in [5, 5.41) is 0. The van der Waals surface area contributed by atoms with Crippen LogP contribution in [0.3, 0.4) is 0 Å². The maximum Gasteiger partial charge on any atom is 0.322 e. The average Bonchev–Trinajstić information content (AvgIpc) is 2.29. The standard InChI is InChI=1S/C12H17NO2.ClH/c1-15-12(14)11(13)9-5-8-10-6-3-2-4-7-10;/h2-4,6-7,11H,5,8-9,13H2,1H3;1H. The first kappa shape index (κ1) is 14.9. The predicted molar refractivity (Wildman–Crippen MR) is 66.6 cm³/mol. The molecule has 1 aromatic carbocycles. The Morgan fingerprint density at radius 1 is 1.38 bits per heavy atom. The number of rotatable bonds is 5. The van der Waals surface area contributed by atoms with Crippen molar-refractivity contribution in [3.63, 3.8) is 0 Å². The van der Waals surface area contributed by atoms with E-state index in [0.29, 0.717) is 6.42 Å². The minimum atomic E-state index is -0.487. The predicted octanol–water partition coefficient (Wildman–Crippen LogP) is 1.93. The smallest absolute Gasteiger partial charge is 0.322 e. The van der Waals surface area contributed by atoms with Crippen LogP contribution in [0, 0.1) is 0 Å². The molecule has 1 atom stereocenters. The maximum absolute atomic E-state index is 11.0. The SMILES string of the molecule is COC(=O)C(N)CCCc1ccccc1.Cl. The molecular weight excluding hydrogens is 226 g/mol. The monoisotopic (exact) mass is 243 g/mol. The molecule has 0 aliphatic carbocycles. The second-order valence-corrected chi connectivity index (χ2v) is 3.51. The van der Waals surface area contributed by atoms with Gasteiger partial charge in [0.15, 0.2) is 0 Å². The van der Waals surface area contributed by atoms with Crippen molar-refractivity contribution in [3.05, 3.63) is 35.9 Å². The molecule has 1 unspecified atom stereocenters. The van der Waals surface area contributed by atoms with E-state index in [1.807, 2.05) is 18.2 Å². The molecule has 2 N–H and O–H groups in total. The third-order valence-corrected chi connectivity index (χ3v) is 2.33. The van der Waals surface area contributed by atoms with Crippen molar-refractivity contribution in [2.24, 2.45) is 5.73 Å². The number of hydrogen-bond acceptors (Lipinski definition) is 3. The Morgan fingerprint density at radius 3 is 2.56 bits per heavy atom. The number of aryl methyl sites for hydroxylation is 1. The summed E-state index contributed by atoms with van der Waals surface area (Å²) in [4.78, 5) is 11.0. The number of carbonyl (C=O) groups is 1. The van der Waals surface area contributed by atoms with Crippen LogP contribution in [0.4, 0.5) is 0 Å². The Balaban J connectivity index is 0.00000225. The second-order valence-electron chi connectivity index (χ2n) is 3.51. The van der Waals surface area contributed by atoms with Gasteiger partial charge in [0, 0.05) is 0 Å². The lowest BCUT2D eigenvalue weighted by atomic mass is 10.1. The number of ether oxygens (including phenoxy) is 1. The average molecular weight is 244 g/mol. The van der Waals surface area contributed by atoms with Gasteiger partial charge in [0.25, 0.3) is 0 Å². The van der Waals surface area contributed by atoms with Gasteiger partial charge in [-0.2, -0.15) is 0 Å². The topological polar surface area (TPSA) is 52.3 Å². The molecule has 1 rings (SSSR count). The Hall–Kier alpha value is -1.06. The molecule has 0 radical (unpaired) electrons. The molecule has 16 heavy (non-hydrogen) atoms. The number of esters is 1. The van der Waals surface area contributed by atoms with E-state index in [-0.39, 0.29) is 18.4 Å². The minimum absolute atomic E-state index is 0. The zero-order chi connectivity index (χ0) is 11.1. The van der Waals surface area contributed by atoms with E-state index in [0.717, 1.165) is 12.8 Å². The lowest BCUT2D eigenvalue weighted by molar-refractivity contribution is -0.142. The minimum Gasteiger partial charge on any atom is -0.468 e. The van der Waals surface area contributed by atoms with Gasteiger partial charge in [0.05, 0.1) is 7.11 Å². The first-order valence-corrected chi connectivity index (χ1v) is 5.11. The molecule has 0 bridgehead atoms. The molecule has 0 aromatic heterocycles. The molecular formula is C12H18ClNO2. The first-order valence-electron chi connectivity index (χ1n) is 5.11. The largest absolute Gasteiger partial charge is 0.468 e. The van der Waals surface area contributed by atoms with Crippen LogP contribution in [-0.4, -0.2) is 19.1 Å². The van der Waals surface area contributed by atoms with Gasteiger partial charge < -0.3 is 10.5 Å². The Kier molecular flexibility index (Phi) is 7.60. The summed E-state index contributed by atoms with van der Waals surface area (Å²) >= 11 is 0. The summed E-state index contributed by atoms with van der Waals surface area (Å²) in [6, 6.07) is 9.67. The molecule has 0 amide bonds. The van der Waals surface area contributed by atoms with Crippen molar-refractivity contribution in [3.8, 4) is 0 Å². The highest BCUT2D eigenvalue weighted by molar-refractivity contribution is 5.85. The first-order chi connectivity index (χ1) is 7.24. The van der Waals surface area contributed by atoms with E-state index in [9.17, 15) is 4.79 Å². The molecule has 4 heteroatoms. The van der Waals surface area contributed by atoms with Crippen molar-refractivity contribution in [2.45, 2.75) is 25.3 Å². The number of hydrogen-bond donors (Lipinski definition) is 1. The summed E-state index contributed by atoms with van der Waals surface area (Å²) in [5.74, 6) is -0.330. The summed E-state index contributed by atoms with van der Waals surface area (Å²) < 4.78 is 4.55. The van der Waals surface area contributed by atoms with Gasteiger partial charge in [-0.1, -0.05) is 30.3 Å². The molecule has 0 fully saturated rings. The molecule has 0 saturated heterocycles. The number of methoxy groups -OCH3 is 1. The fourth-order valence-corrected chi connectivity index (χ4v) is 1.44. The van der Waals surface area contributed by atoms with Gasteiger partial charge in [-0.3, -0.25) is 4.79 Å². The molecule has 0 aliphatic rings. The summed E-state index contributed by atoms with van der Waals surface area (Å²) in [5.41, 5.74) is 6.89. The van der Waals surface area contributed by atoms with Crippen LogP contribution in [0.25, 0.3) is 0 Å². The molecule has 0 heterocycles. The number of carbonyl (C=O) groups excluding carboxylic acids is 1. The van der Waals surface area contributed by atoms with Crippen LogP contribution in [0.1, 0.15) is 18.4 Å². The van der Waals surface area contributed by atoms with Crippen LogP contribution < -0.4 is 5.73 Å². The Morgan fingerprint density at radius 2 is 2.00 bits per heavy atom. The zero-order valence-corrected chi connectivity index (χ0v) is 10.2. The van der Waals surface area contributed by atoms with E-state index in [4.69, 9.17) is 5.73 Å². The lowest BCUT2D eigenvalue weighted by Crippen LogP contribution is -2.31. The fraction of sp³-hybridized carbons (Fsp3) is 0.417. The van der Waals surface area contributed by atoms with Crippen LogP contribution >= 0.6 is 12.4 Å². The highest BCUT2D eigenvalue weighted by Crippen LogP contribution is 2.06. The van der Waals surface area contributed by atoms with Gasteiger partial charge in [-0.05, 0) is 24.8 Å². The maximum atomic E-state index is 11.0. The molecule has 1 aromatic rings. The highest BCUT2D eigenvalue weighted by atomic mass is 35.5. The van der Waals surface area contributed by atoms with Crippen molar-refractivity contribution in [1.29, 1.82) is 0 Å². The second kappa shape index (κ2) is 8.13. The normalized spacial score (nSPS) is 11.4. The Bertz CT molecular complexity index is 303. The fourth-order valence-electron chi connectivity index (χ4n) is 1.44. The van der Waals surface area contributed by atoms with Crippen molar-refractivity contribution < 1.29 is 9.53 Å². The van der Waals surface area contributed by atoms with E-state index in [2.05, 4.69) is 16.9 Å². The summed E-state index contributed by atoms with van der Waals surface area (Å²) in [6.07, 6.45) is 2.52. The molecule has 3 nitrogen and oxygen atoms in total. The molecule has 0 aliphatic heterocycles. The Labute approximate surface area is 102 Å².